The van der Waals surface area contributed by atoms with Gasteiger partial charge in [-0.25, -0.2) is 13.2 Å². The number of sulfonamides is 1. The van der Waals surface area contributed by atoms with E-state index in [1.165, 1.54) is 26.2 Å². The highest BCUT2D eigenvalue weighted by Gasteiger charge is 2.69. The number of hydrogen-bond acceptors (Lipinski definition) is 6. The Morgan fingerprint density at radius 2 is 1.48 bits per heavy atom. The molecule has 8 heteroatoms. The summed E-state index contributed by atoms with van der Waals surface area (Å²) in [4.78, 5) is 28.5. The van der Waals surface area contributed by atoms with Crippen LogP contribution in [0.25, 0.3) is 10.8 Å². The van der Waals surface area contributed by atoms with Crippen LogP contribution in [0.15, 0.2) is 95.9 Å². The molecule has 1 aliphatic rings. The molecule has 1 aliphatic heterocycles. The molecule has 0 N–H and O–H groups in total. The van der Waals surface area contributed by atoms with Gasteiger partial charge in [0.05, 0.1) is 18.6 Å². The zero-order valence-corrected chi connectivity index (χ0v) is 23.7. The fourth-order valence-electron chi connectivity index (χ4n) is 5.94. The van der Waals surface area contributed by atoms with Crippen molar-refractivity contribution in [2.24, 2.45) is 0 Å². The highest BCUT2D eigenvalue weighted by atomic mass is 32.2. The van der Waals surface area contributed by atoms with Gasteiger partial charge in [0, 0.05) is 6.54 Å². The number of esters is 2. The minimum Gasteiger partial charge on any atom is -0.468 e. The van der Waals surface area contributed by atoms with Crippen LogP contribution in [0, 0.1) is 6.92 Å². The fraction of sp³-hybridized carbons (Fsp3) is 0.250. The fourth-order valence-corrected chi connectivity index (χ4v) is 7.67. The number of ether oxygens (including phenoxy) is 2. The predicted octanol–water partition coefficient (Wildman–Crippen LogP) is 5.13. The zero-order chi connectivity index (χ0) is 28.7. The molecular formula is C32H31NO6S. The molecule has 40 heavy (non-hydrogen) atoms. The maximum absolute atomic E-state index is 14.5. The first-order valence-corrected chi connectivity index (χ1v) is 14.5. The lowest BCUT2D eigenvalue weighted by Gasteiger charge is -2.53. The summed E-state index contributed by atoms with van der Waals surface area (Å²) in [6.07, 6.45) is 0. The van der Waals surface area contributed by atoms with Gasteiger partial charge >= 0.3 is 11.9 Å². The molecule has 0 aliphatic carbocycles. The minimum atomic E-state index is -4.34. The topological polar surface area (TPSA) is 90.0 Å². The summed E-state index contributed by atoms with van der Waals surface area (Å²) >= 11 is 0. The Labute approximate surface area is 234 Å². The van der Waals surface area contributed by atoms with Crippen molar-refractivity contribution in [1.82, 2.24) is 4.31 Å². The highest BCUT2D eigenvalue weighted by Crippen LogP contribution is 2.54. The van der Waals surface area contributed by atoms with Gasteiger partial charge in [-0.1, -0.05) is 72.3 Å². The summed E-state index contributed by atoms with van der Waals surface area (Å²) in [5, 5.41) is 1.72. The van der Waals surface area contributed by atoms with Gasteiger partial charge in [0.25, 0.3) is 0 Å². The lowest BCUT2D eigenvalue weighted by molar-refractivity contribution is -0.168. The summed E-state index contributed by atoms with van der Waals surface area (Å²) in [5.41, 5.74) is -1.56. The van der Waals surface area contributed by atoms with Crippen molar-refractivity contribution in [3.63, 3.8) is 0 Å². The van der Waals surface area contributed by atoms with Gasteiger partial charge in [-0.3, -0.25) is 4.79 Å². The van der Waals surface area contributed by atoms with E-state index in [-0.39, 0.29) is 18.0 Å². The van der Waals surface area contributed by atoms with E-state index >= 15 is 0 Å². The monoisotopic (exact) mass is 557 g/mol. The second-order valence-corrected chi connectivity index (χ2v) is 11.9. The molecule has 7 nitrogen and oxygen atoms in total. The van der Waals surface area contributed by atoms with Crippen molar-refractivity contribution >= 4 is 32.7 Å². The molecule has 0 saturated heterocycles. The van der Waals surface area contributed by atoms with Crippen LogP contribution in [-0.2, 0) is 41.0 Å². The van der Waals surface area contributed by atoms with Crippen molar-refractivity contribution < 1.29 is 27.5 Å². The first-order chi connectivity index (χ1) is 19.1. The number of hydrogen-bond donors (Lipinski definition) is 0. The quantitative estimate of drug-likeness (QED) is 0.305. The van der Waals surface area contributed by atoms with Crippen LogP contribution in [0.2, 0.25) is 0 Å². The maximum atomic E-state index is 14.5. The highest BCUT2D eigenvalue weighted by molar-refractivity contribution is 7.89. The summed E-state index contributed by atoms with van der Waals surface area (Å²) in [7, 11) is -3.14. The van der Waals surface area contributed by atoms with Crippen molar-refractivity contribution in [3.8, 4) is 0 Å². The van der Waals surface area contributed by atoms with Crippen molar-refractivity contribution in [1.29, 1.82) is 0 Å². The van der Waals surface area contributed by atoms with E-state index in [1.54, 1.807) is 49.4 Å². The normalized spacial score (nSPS) is 21.0. The van der Waals surface area contributed by atoms with Gasteiger partial charge in [0.15, 0.2) is 5.54 Å². The standard InChI is InChI=1S/C32H31NO6S/c1-5-39-30(35)32(26-13-7-6-8-14-26)28-20-24-12-10-9-11-23(24)19-25(28)21-33(31(32,3)29(34)38-4)40(36,37)27-17-15-22(2)16-18-27/h6-20H,5,21H2,1-4H3/t31-,32+/m0/s1. The van der Waals surface area contributed by atoms with Gasteiger partial charge in [-0.15, -0.1) is 0 Å². The van der Waals surface area contributed by atoms with Crippen LogP contribution in [0.1, 0.15) is 36.1 Å². The second kappa shape index (κ2) is 10.2. The maximum Gasteiger partial charge on any atom is 0.328 e. The molecule has 1 heterocycles. The van der Waals surface area contributed by atoms with E-state index in [0.29, 0.717) is 16.7 Å². The van der Waals surface area contributed by atoms with Gasteiger partial charge in [-0.2, -0.15) is 4.31 Å². The molecule has 4 aromatic rings. The van der Waals surface area contributed by atoms with Crippen LogP contribution in [0.5, 0.6) is 0 Å². The Morgan fingerprint density at radius 1 is 0.875 bits per heavy atom. The summed E-state index contributed by atoms with van der Waals surface area (Å²) in [5.74, 6) is -1.62. The van der Waals surface area contributed by atoms with Crippen LogP contribution >= 0.6 is 0 Å². The predicted molar refractivity (Wildman–Crippen MR) is 152 cm³/mol. The molecule has 206 valence electrons. The number of nitrogens with zero attached hydrogens (tertiary/aromatic N) is 1. The molecule has 0 fully saturated rings. The van der Waals surface area contributed by atoms with Crippen LogP contribution < -0.4 is 0 Å². The number of rotatable bonds is 6. The van der Waals surface area contributed by atoms with Crippen molar-refractivity contribution in [2.75, 3.05) is 13.7 Å². The third-order valence-electron chi connectivity index (χ3n) is 7.90. The Kier molecular flexibility index (Phi) is 7.02. The van der Waals surface area contributed by atoms with E-state index in [2.05, 4.69) is 0 Å². The largest absolute Gasteiger partial charge is 0.468 e. The summed E-state index contributed by atoms with van der Waals surface area (Å²) < 4.78 is 41.1. The Balaban J connectivity index is 1.97. The number of fused-ring (bicyclic) bond motifs is 2. The number of benzene rings is 4. The molecule has 0 amide bonds. The summed E-state index contributed by atoms with van der Waals surface area (Å²) in [6, 6.07) is 26.5. The molecular weight excluding hydrogens is 526 g/mol. The number of carbonyl (C=O) groups is 2. The Hall–Kier alpha value is -4.01. The molecule has 0 bridgehead atoms. The van der Waals surface area contributed by atoms with Crippen LogP contribution in [0.4, 0.5) is 0 Å². The van der Waals surface area contributed by atoms with Gasteiger partial charge in [-0.05, 0) is 72.5 Å². The number of carbonyl (C=O) groups excluding carboxylic acids is 2. The van der Waals surface area contributed by atoms with E-state index in [0.717, 1.165) is 20.6 Å². The molecule has 0 unspecified atom stereocenters. The Bertz CT molecular complexity index is 1700. The van der Waals surface area contributed by atoms with E-state index < -0.39 is 32.9 Å². The van der Waals surface area contributed by atoms with Crippen LogP contribution in [-0.4, -0.2) is 43.9 Å². The van der Waals surface area contributed by atoms with E-state index in [9.17, 15) is 18.0 Å². The molecule has 4 aromatic carbocycles. The number of aryl methyl sites for hydroxylation is 1. The molecule has 2 atom stereocenters. The molecule has 0 spiro atoms. The smallest absolute Gasteiger partial charge is 0.328 e. The lowest BCUT2D eigenvalue weighted by Crippen LogP contribution is -2.72. The molecule has 0 saturated carbocycles. The molecule has 5 rings (SSSR count). The Morgan fingerprint density at radius 3 is 2.08 bits per heavy atom. The number of methoxy groups -OCH3 is 1. The molecule has 0 aromatic heterocycles. The van der Waals surface area contributed by atoms with Gasteiger partial charge < -0.3 is 9.47 Å². The van der Waals surface area contributed by atoms with E-state index in [4.69, 9.17) is 9.47 Å². The second-order valence-electron chi connectivity index (χ2n) is 10.1. The first kappa shape index (κ1) is 27.6. The van der Waals surface area contributed by atoms with Crippen molar-refractivity contribution in [2.45, 2.75) is 43.2 Å². The third kappa shape index (κ3) is 3.93. The van der Waals surface area contributed by atoms with Crippen LogP contribution in [0.3, 0.4) is 0 Å². The van der Waals surface area contributed by atoms with Gasteiger partial charge in [0.1, 0.15) is 5.41 Å². The third-order valence-corrected chi connectivity index (χ3v) is 9.84. The average Bonchev–Trinajstić information content (AvgIpc) is 2.96. The molecule has 0 radical (unpaired) electrons. The van der Waals surface area contributed by atoms with E-state index in [1.807, 2.05) is 43.3 Å². The van der Waals surface area contributed by atoms with Gasteiger partial charge in [0.2, 0.25) is 10.0 Å². The summed E-state index contributed by atoms with van der Waals surface area (Å²) in [6.45, 7) is 4.87. The minimum absolute atomic E-state index is 0.00304. The SMILES string of the molecule is CCOC(=O)[C@@]1(c2ccccc2)c2cc3ccccc3cc2CN(S(=O)(=O)c2ccc(C)cc2)[C@@]1(C)C(=O)OC. The van der Waals surface area contributed by atoms with Crippen molar-refractivity contribution in [3.05, 3.63) is 113 Å². The average molecular weight is 558 g/mol. The zero-order valence-electron chi connectivity index (χ0n) is 22.9. The first-order valence-electron chi connectivity index (χ1n) is 13.0. The lowest BCUT2D eigenvalue weighted by atomic mass is 9.58.